The Kier molecular flexibility index (Phi) is 4.82. The third-order valence-electron chi connectivity index (χ3n) is 5.39. The largest absolute Gasteiger partial charge is 0.459 e. The number of carbonyl (C=O) groups is 1. The number of allylic oxidation sites excluding steroid dienone is 2. The molecule has 0 aromatic carbocycles. The fourth-order valence-corrected chi connectivity index (χ4v) is 4.76. The number of fused-ring (bicyclic) bond motifs is 1. The lowest BCUT2D eigenvalue weighted by molar-refractivity contribution is -0.126. The van der Waals surface area contributed by atoms with E-state index in [1.807, 2.05) is 11.0 Å². The van der Waals surface area contributed by atoms with E-state index < -0.39 is 10.0 Å². The molecule has 0 unspecified atom stereocenters. The molecule has 1 saturated heterocycles. The molecule has 5 rings (SSSR count). The first-order valence-electron chi connectivity index (χ1n) is 9.92. The fourth-order valence-electron chi connectivity index (χ4n) is 3.77. The maximum Gasteiger partial charge on any atom is 0.266 e. The predicted molar refractivity (Wildman–Crippen MR) is 113 cm³/mol. The number of hydrogen-bond acceptors (Lipinski definition) is 9. The zero-order valence-corrected chi connectivity index (χ0v) is 17.7. The monoisotopic (exact) mass is 454 g/mol. The van der Waals surface area contributed by atoms with Crippen LogP contribution in [0.2, 0.25) is 0 Å². The lowest BCUT2D eigenvalue weighted by atomic mass is 10.1. The van der Waals surface area contributed by atoms with Crippen molar-refractivity contribution in [2.24, 2.45) is 4.40 Å². The average molecular weight is 454 g/mol. The van der Waals surface area contributed by atoms with E-state index >= 15 is 0 Å². The molecule has 12 heteroatoms. The molecular weight excluding hydrogens is 436 g/mol. The van der Waals surface area contributed by atoms with Crippen LogP contribution in [0.4, 0.5) is 5.88 Å². The molecule has 1 amide bonds. The van der Waals surface area contributed by atoms with Crippen LogP contribution >= 0.6 is 0 Å². The molecule has 5 heterocycles. The molecule has 32 heavy (non-hydrogen) atoms. The highest BCUT2D eigenvalue weighted by Crippen LogP contribution is 2.29. The summed E-state index contributed by atoms with van der Waals surface area (Å²) in [7, 11) is -3.58. The third kappa shape index (κ3) is 3.56. The van der Waals surface area contributed by atoms with E-state index in [2.05, 4.69) is 9.38 Å². The quantitative estimate of drug-likeness (QED) is 0.664. The summed E-state index contributed by atoms with van der Waals surface area (Å²) >= 11 is 0. The van der Waals surface area contributed by atoms with Gasteiger partial charge in [0.25, 0.3) is 21.8 Å². The number of anilines is 1. The minimum atomic E-state index is -3.58. The highest BCUT2D eigenvalue weighted by molar-refractivity contribution is 7.90. The summed E-state index contributed by atoms with van der Waals surface area (Å²) < 4.78 is 38.8. The van der Waals surface area contributed by atoms with E-state index in [1.165, 1.54) is 6.26 Å². The summed E-state index contributed by atoms with van der Waals surface area (Å²) in [6.45, 7) is 1.83. The molecule has 0 radical (unpaired) electrons. The number of rotatable bonds is 3. The Hall–Kier alpha value is -3.85. The Balaban J connectivity index is 1.32. The Morgan fingerprint density at radius 1 is 1.19 bits per heavy atom. The number of aromatic nitrogens is 1. The SMILES string of the molecule is N#Cc1nc(-c2ccco2)oc1N1CCN(C(=O)C2=CC=CN3CCS(=O)(=O)N=C23)CC1. The van der Waals surface area contributed by atoms with Gasteiger partial charge in [-0.15, -0.1) is 4.40 Å². The Morgan fingerprint density at radius 2 is 2.00 bits per heavy atom. The number of amides is 1. The van der Waals surface area contributed by atoms with E-state index in [0.717, 1.165) is 0 Å². The zero-order valence-electron chi connectivity index (χ0n) is 16.8. The van der Waals surface area contributed by atoms with Crippen LogP contribution < -0.4 is 4.90 Å². The van der Waals surface area contributed by atoms with Gasteiger partial charge in [0.05, 0.1) is 17.6 Å². The van der Waals surface area contributed by atoms with E-state index in [-0.39, 0.29) is 41.2 Å². The van der Waals surface area contributed by atoms with Gasteiger partial charge in [0.2, 0.25) is 11.6 Å². The molecule has 3 aliphatic heterocycles. The average Bonchev–Trinajstić information content (AvgIpc) is 3.47. The van der Waals surface area contributed by atoms with Crippen molar-refractivity contribution in [1.82, 2.24) is 14.8 Å². The van der Waals surface area contributed by atoms with E-state index in [1.54, 1.807) is 40.3 Å². The van der Waals surface area contributed by atoms with Crippen LogP contribution in [0.3, 0.4) is 0 Å². The summed E-state index contributed by atoms with van der Waals surface area (Å²) in [6, 6.07) is 5.43. The highest BCUT2D eigenvalue weighted by atomic mass is 32.2. The Morgan fingerprint density at radius 3 is 2.72 bits per heavy atom. The number of piperazine rings is 1. The van der Waals surface area contributed by atoms with E-state index in [0.29, 0.717) is 37.8 Å². The van der Waals surface area contributed by atoms with Crippen molar-refractivity contribution >= 4 is 27.7 Å². The molecule has 11 nitrogen and oxygen atoms in total. The lowest BCUT2D eigenvalue weighted by Gasteiger charge is -2.36. The second-order valence-corrected chi connectivity index (χ2v) is 9.11. The molecule has 3 aliphatic rings. The van der Waals surface area contributed by atoms with Crippen molar-refractivity contribution in [1.29, 1.82) is 5.26 Å². The number of sulfonamides is 1. The minimum Gasteiger partial charge on any atom is -0.459 e. The van der Waals surface area contributed by atoms with Gasteiger partial charge in [-0.2, -0.15) is 10.2 Å². The molecule has 0 atom stereocenters. The van der Waals surface area contributed by atoms with Gasteiger partial charge in [-0.25, -0.2) is 8.42 Å². The molecule has 0 aliphatic carbocycles. The summed E-state index contributed by atoms with van der Waals surface area (Å²) in [5, 5.41) is 9.45. The standard InChI is InChI=1S/C20H18N6O5S/c21-13-15-20(31-18(22-15)16-4-2-11-30-16)26-8-6-25(7-9-26)19(27)14-3-1-5-24-10-12-32(28,29)23-17(14)24/h1-5,11H,6-10,12H2. The maximum atomic E-state index is 13.1. The molecule has 0 N–H and O–H groups in total. The first kappa shape index (κ1) is 20.1. The van der Waals surface area contributed by atoms with E-state index in [9.17, 15) is 18.5 Å². The summed E-state index contributed by atoms with van der Waals surface area (Å²) in [5.41, 5.74) is 0.399. The van der Waals surface area contributed by atoms with Crippen LogP contribution in [-0.4, -0.2) is 73.4 Å². The smallest absolute Gasteiger partial charge is 0.266 e. The highest BCUT2D eigenvalue weighted by Gasteiger charge is 2.34. The normalized spacial score (nSPS) is 19.8. The maximum absolute atomic E-state index is 13.1. The van der Waals surface area contributed by atoms with E-state index in [4.69, 9.17) is 8.83 Å². The summed E-state index contributed by atoms with van der Waals surface area (Å²) in [5.74, 6) is 0.766. The van der Waals surface area contributed by atoms with Crippen molar-refractivity contribution in [2.75, 3.05) is 43.4 Å². The van der Waals surface area contributed by atoms with Crippen molar-refractivity contribution < 1.29 is 22.0 Å². The number of furan rings is 1. The molecule has 0 bridgehead atoms. The van der Waals surface area contributed by atoms with Crippen LogP contribution in [0.15, 0.2) is 55.6 Å². The number of carbonyl (C=O) groups excluding carboxylic acids is 1. The van der Waals surface area contributed by atoms with Crippen LogP contribution in [0.25, 0.3) is 11.7 Å². The van der Waals surface area contributed by atoms with Gasteiger partial charge in [0.15, 0.2) is 11.6 Å². The number of amidine groups is 1. The van der Waals surface area contributed by atoms with Gasteiger partial charge in [-0.3, -0.25) is 4.79 Å². The number of hydrogen-bond donors (Lipinski definition) is 0. The van der Waals surface area contributed by atoms with Crippen molar-refractivity contribution in [3.05, 3.63) is 48.0 Å². The number of oxazole rings is 1. The predicted octanol–water partition coefficient (Wildman–Crippen LogP) is 0.952. The first-order valence-corrected chi connectivity index (χ1v) is 11.5. The molecule has 2 aromatic heterocycles. The fraction of sp³-hybridized carbons (Fsp3) is 0.300. The van der Waals surface area contributed by atoms with Gasteiger partial charge in [-0.05, 0) is 24.3 Å². The zero-order chi connectivity index (χ0) is 22.3. The molecule has 0 spiro atoms. The molecule has 0 saturated carbocycles. The van der Waals surface area contributed by atoms with Gasteiger partial charge in [0.1, 0.15) is 6.07 Å². The van der Waals surface area contributed by atoms with Gasteiger partial charge in [0, 0.05) is 38.9 Å². The first-order chi connectivity index (χ1) is 15.4. The number of nitrogens with zero attached hydrogens (tertiary/aromatic N) is 6. The molecule has 164 valence electrons. The lowest BCUT2D eigenvalue weighted by Crippen LogP contribution is -2.51. The Bertz CT molecular complexity index is 1290. The minimum absolute atomic E-state index is 0.0839. The van der Waals surface area contributed by atoms with Gasteiger partial charge in [-0.1, -0.05) is 0 Å². The Labute approximate surface area is 183 Å². The van der Waals surface area contributed by atoms with Gasteiger partial charge >= 0.3 is 0 Å². The number of nitriles is 1. The van der Waals surface area contributed by atoms with Crippen molar-refractivity contribution in [2.45, 2.75) is 0 Å². The third-order valence-corrected chi connectivity index (χ3v) is 6.54. The van der Waals surface area contributed by atoms with Crippen LogP contribution in [0.1, 0.15) is 5.69 Å². The summed E-state index contributed by atoms with van der Waals surface area (Å²) in [4.78, 5) is 22.5. The second kappa shape index (κ2) is 7.69. The van der Waals surface area contributed by atoms with Crippen LogP contribution in [0.5, 0.6) is 0 Å². The second-order valence-electron chi connectivity index (χ2n) is 7.36. The van der Waals surface area contributed by atoms with Crippen LogP contribution in [0, 0.1) is 11.3 Å². The topological polar surface area (TPSA) is 136 Å². The van der Waals surface area contributed by atoms with Crippen LogP contribution in [-0.2, 0) is 14.8 Å². The molecule has 1 fully saturated rings. The van der Waals surface area contributed by atoms with Crippen molar-refractivity contribution in [3.8, 4) is 17.7 Å². The molecular formula is C20H18N6O5S. The van der Waals surface area contributed by atoms with Crippen molar-refractivity contribution in [3.63, 3.8) is 0 Å². The van der Waals surface area contributed by atoms with Gasteiger partial charge < -0.3 is 23.5 Å². The molecule has 2 aromatic rings. The summed E-state index contributed by atoms with van der Waals surface area (Å²) in [6.07, 6.45) is 6.51.